The van der Waals surface area contributed by atoms with Crippen LogP contribution in [0.25, 0.3) is 5.57 Å². The zero-order chi connectivity index (χ0) is 13.2. The molecule has 2 atom stereocenters. The summed E-state index contributed by atoms with van der Waals surface area (Å²) in [7, 11) is 0. The van der Waals surface area contributed by atoms with Gasteiger partial charge in [-0.1, -0.05) is 6.08 Å². The molecule has 0 bridgehead atoms. The van der Waals surface area contributed by atoms with Crippen molar-refractivity contribution in [3.05, 3.63) is 35.2 Å². The van der Waals surface area contributed by atoms with Crippen molar-refractivity contribution in [2.24, 2.45) is 11.8 Å². The summed E-state index contributed by atoms with van der Waals surface area (Å²) in [5.74, 6) is 1.40. The molecule has 0 aromatic carbocycles. The van der Waals surface area contributed by atoms with Crippen molar-refractivity contribution in [1.29, 1.82) is 5.26 Å². The predicted molar refractivity (Wildman–Crippen MR) is 75.4 cm³/mol. The maximum Gasteiger partial charge on any atom is 0.101 e. The average molecular weight is 253 g/mol. The molecule has 2 aliphatic rings. The van der Waals surface area contributed by atoms with E-state index in [9.17, 15) is 0 Å². The number of rotatable bonds is 1. The molecule has 0 amide bonds. The van der Waals surface area contributed by atoms with E-state index in [2.05, 4.69) is 22.4 Å². The fourth-order valence-electron chi connectivity index (χ4n) is 3.36. The molecule has 19 heavy (non-hydrogen) atoms. The Bertz CT molecular complexity index is 554. The number of allylic oxidation sites excluding steroid dienone is 1. The molecule has 0 radical (unpaired) electrons. The van der Waals surface area contributed by atoms with Crippen molar-refractivity contribution in [2.45, 2.75) is 26.2 Å². The molecule has 1 aromatic rings. The number of nitrogens with one attached hydrogen (secondary N) is 1. The lowest BCUT2D eigenvalue weighted by Gasteiger charge is -2.37. The summed E-state index contributed by atoms with van der Waals surface area (Å²) in [6, 6.07) is 4.25. The summed E-state index contributed by atoms with van der Waals surface area (Å²) in [4.78, 5) is 4.38. The highest BCUT2D eigenvalue weighted by molar-refractivity contribution is 5.69. The second-order valence-electron chi connectivity index (χ2n) is 5.56. The van der Waals surface area contributed by atoms with Crippen LogP contribution in [0.4, 0.5) is 0 Å². The number of hydrogen-bond donors (Lipinski definition) is 1. The van der Waals surface area contributed by atoms with Gasteiger partial charge >= 0.3 is 0 Å². The Balaban J connectivity index is 1.96. The minimum Gasteiger partial charge on any atom is -0.316 e. The normalized spacial score (nSPS) is 26.2. The number of aromatic nitrogens is 1. The SMILES string of the molecule is Cc1ncc(C2=CCC[C@H]3CCNC[C@@H]23)cc1C#N. The summed E-state index contributed by atoms with van der Waals surface area (Å²) >= 11 is 0. The van der Waals surface area contributed by atoms with Crippen LogP contribution in [0.15, 0.2) is 18.3 Å². The van der Waals surface area contributed by atoms with Crippen LogP contribution in [0.2, 0.25) is 0 Å². The van der Waals surface area contributed by atoms with Gasteiger partial charge in [0.15, 0.2) is 0 Å². The highest BCUT2D eigenvalue weighted by Gasteiger charge is 2.30. The maximum atomic E-state index is 9.15. The van der Waals surface area contributed by atoms with Gasteiger partial charge in [0, 0.05) is 12.7 Å². The fourth-order valence-corrected chi connectivity index (χ4v) is 3.36. The van der Waals surface area contributed by atoms with Gasteiger partial charge < -0.3 is 5.32 Å². The highest BCUT2D eigenvalue weighted by atomic mass is 14.9. The Morgan fingerprint density at radius 3 is 3.16 bits per heavy atom. The third-order valence-corrected chi connectivity index (χ3v) is 4.47. The molecule has 3 nitrogen and oxygen atoms in total. The van der Waals surface area contributed by atoms with Crippen LogP contribution in [0.5, 0.6) is 0 Å². The number of hydrogen-bond acceptors (Lipinski definition) is 3. The van der Waals surface area contributed by atoms with Gasteiger partial charge in [-0.05, 0) is 61.8 Å². The number of fused-ring (bicyclic) bond motifs is 1. The monoisotopic (exact) mass is 253 g/mol. The second kappa shape index (κ2) is 5.14. The summed E-state index contributed by atoms with van der Waals surface area (Å²) in [6.07, 6.45) is 8.01. The quantitative estimate of drug-likeness (QED) is 0.837. The Labute approximate surface area is 114 Å². The summed E-state index contributed by atoms with van der Waals surface area (Å²) in [5.41, 5.74) is 4.05. The van der Waals surface area contributed by atoms with Gasteiger partial charge in [0.1, 0.15) is 6.07 Å². The van der Waals surface area contributed by atoms with E-state index in [4.69, 9.17) is 5.26 Å². The van der Waals surface area contributed by atoms with Crippen molar-refractivity contribution in [3.63, 3.8) is 0 Å². The van der Waals surface area contributed by atoms with Crippen molar-refractivity contribution >= 4 is 5.57 Å². The lowest BCUT2D eigenvalue weighted by Crippen LogP contribution is -2.38. The third-order valence-electron chi connectivity index (χ3n) is 4.47. The van der Waals surface area contributed by atoms with Gasteiger partial charge in [0.2, 0.25) is 0 Å². The third kappa shape index (κ3) is 2.29. The number of nitrogens with zero attached hydrogens (tertiary/aromatic N) is 2. The molecule has 2 heterocycles. The maximum absolute atomic E-state index is 9.15. The van der Waals surface area contributed by atoms with E-state index >= 15 is 0 Å². The largest absolute Gasteiger partial charge is 0.316 e. The Hall–Kier alpha value is -1.66. The lowest BCUT2D eigenvalue weighted by molar-refractivity contribution is 0.285. The predicted octanol–water partition coefficient (Wildman–Crippen LogP) is 2.66. The van der Waals surface area contributed by atoms with Gasteiger partial charge in [-0.3, -0.25) is 4.98 Å². The molecule has 98 valence electrons. The Kier molecular flexibility index (Phi) is 3.35. The molecule has 1 aliphatic heterocycles. The number of piperidine rings is 1. The van der Waals surface area contributed by atoms with E-state index < -0.39 is 0 Å². The van der Waals surface area contributed by atoms with Crippen LogP contribution < -0.4 is 5.32 Å². The van der Waals surface area contributed by atoms with Crippen molar-refractivity contribution in [3.8, 4) is 6.07 Å². The molecule has 0 saturated carbocycles. The zero-order valence-electron chi connectivity index (χ0n) is 11.3. The van der Waals surface area contributed by atoms with Crippen LogP contribution in [0.1, 0.15) is 36.1 Å². The van der Waals surface area contributed by atoms with Crippen LogP contribution in [-0.2, 0) is 0 Å². The summed E-state index contributed by atoms with van der Waals surface area (Å²) < 4.78 is 0. The second-order valence-corrected chi connectivity index (χ2v) is 5.56. The molecule has 0 unspecified atom stereocenters. The highest BCUT2D eigenvalue weighted by Crippen LogP contribution is 2.39. The van der Waals surface area contributed by atoms with E-state index in [1.54, 1.807) is 0 Å². The zero-order valence-corrected chi connectivity index (χ0v) is 11.3. The van der Waals surface area contributed by atoms with Gasteiger partial charge in [-0.25, -0.2) is 0 Å². The topological polar surface area (TPSA) is 48.7 Å². The molecular formula is C16H19N3. The van der Waals surface area contributed by atoms with E-state index in [0.717, 1.165) is 36.7 Å². The van der Waals surface area contributed by atoms with Gasteiger partial charge in [0.05, 0.1) is 11.3 Å². The number of aryl methyl sites for hydroxylation is 1. The van der Waals surface area contributed by atoms with Gasteiger partial charge in [-0.15, -0.1) is 0 Å². The number of pyridine rings is 1. The molecule has 1 N–H and O–H groups in total. The Morgan fingerprint density at radius 2 is 2.32 bits per heavy atom. The molecule has 3 rings (SSSR count). The molecule has 3 heteroatoms. The molecule has 1 fully saturated rings. The van der Waals surface area contributed by atoms with Crippen LogP contribution >= 0.6 is 0 Å². The van der Waals surface area contributed by atoms with Crippen LogP contribution in [0.3, 0.4) is 0 Å². The van der Waals surface area contributed by atoms with Crippen molar-refractivity contribution < 1.29 is 0 Å². The molecule has 1 aliphatic carbocycles. The Morgan fingerprint density at radius 1 is 1.42 bits per heavy atom. The molecule has 1 aromatic heterocycles. The molecule has 0 spiro atoms. The summed E-state index contributed by atoms with van der Waals surface area (Å²) in [5, 5.41) is 12.6. The fraction of sp³-hybridized carbons (Fsp3) is 0.500. The first-order chi connectivity index (χ1) is 9.29. The lowest BCUT2D eigenvalue weighted by atomic mass is 9.73. The van der Waals surface area contributed by atoms with Crippen molar-refractivity contribution in [1.82, 2.24) is 10.3 Å². The molecular weight excluding hydrogens is 234 g/mol. The first-order valence-electron chi connectivity index (χ1n) is 7.07. The average Bonchev–Trinajstić information content (AvgIpc) is 2.47. The van der Waals surface area contributed by atoms with E-state index in [1.165, 1.54) is 18.4 Å². The van der Waals surface area contributed by atoms with Crippen LogP contribution in [-0.4, -0.2) is 18.1 Å². The smallest absolute Gasteiger partial charge is 0.101 e. The van der Waals surface area contributed by atoms with Gasteiger partial charge in [-0.2, -0.15) is 5.26 Å². The van der Waals surface area contributed by atoms with E-state index in [1.807, 2.05) is 19.2 Å². The standard InChI is InChI=1S/C16H19N3/c1-11-13(8-17)7-14(9-19-11)15-4-2-3-12-5-6-18-10-16(12)15/h4,7,9,12,16,18H,2-3,5-6,10H2,1H3/t12-,16+/m0/s1. The van der Waals surface area contributed by atoms with Gasteiger partial charge in [0.25, 0.3) is 0 Å². The van der Waals surface area contributed by atoms with Crippen LogP contribution in [0, 0.1) is 30.1 Å². The summed E-state index contributed by atoms with van der Waals surface area (Å²) in [6.45, 7) is 4.10. The van der Waals surface area contributed by atoms with E-state index in [0.29, 0.717) is 11.5 Å². The first-order valence-corrected chi connectivity index (χ1v) is 7.07. The van der Waals surface area contributed by atoms with Crippen molar-refractivity contribution in [2.75, 3.05) is 13.1 Å². The van der Waals surface area contributed by atoms with E-state index in [-0.39, 0.29) is 0 Å². The minimum absolute atomic E-state index is 0.596. The minimum atomic E-state index is 0.596. The number of nitriles is 1. The molecule has 1 saturated heterocycles. The first kappa shape index (κ1) is 12.4.